The molecule has 1 aliphatic rings. The molecule has 4 nitrogen and oxygen atoms in total. The van der Waals surface area contributed by atoms with Crippen molar-refractivity contribution in [3.05, 3.63) is 30.3 Å². The van der Waals surface area contributed by atoms with E-state index in [9.17, 15) is 4.79 Å². The number of methoxy groups -OCH3 is 1. The Kier molecular flexibility index (Phi) is 4.80. The number of likely N-dealkylation sites (N-methyl/N-ethyl adjacent to an activating group) is 1. The maximum absolute atomic E-state index is 11.8. The van der Waals surface area contributed by atoms with Gasteiger partial charge in [0.25, 0.3) is 0 Å². The fourth-order valence-electron chi connectivity index (χ4n) is 2.15. The van der Waals surface area contributed by atoms with Crippen LogP contribution in [-0.4, -0.2) is 38.3 Å². The minimum Gasteiger partial charge on any atom is -0.468 e. The van der Waals surface area contributed by atoms with E-state index in [1.165, 1.54) is 7.11 Å². The van der Waals surface area contributed by atoms with Gasteiger partial charge in [0.15, 0.2) is 0 Å². The number of esters is 1. The zero-order chi connectivity index (χ0) is 13.7. The van der Waals surface area contributed by atoms with Crippen molar-refractivity contribution in [3.8, 4) is 0 Å². The average Bonchev–Trinajstić information content (AvgIpc) is 3.27. The second-order valence-corrected chi connectivity index (χ2v) is 4.89. The second kappa shape index (κ2) is 6.57. The fraction of sp³-hybridized carbons (Fsp3) is 0.533. The third-order valence-electron chi connectivity index (χ3n) is 3.41. The summed E-state index contributed by atoms with van der Waals surface area (Å²) in [5, 5.41) is 3.36. The van der Waals surface area contributed by atoms with Gasteiger partial charge in [-0.3, -0.25) is 4.79 Å². The van der Waals surface area contributed by atoms with Crippen molar-refractivity contribution in [2.45, 2.75) is 31.8 Å². The molecule has 0 bridgehead atoms. The maximum atomic E-state index is 11.8. The van der Waals surface area contributed by atoms with Crippen LogP contribution in [0.25, 0.3) is 0 Å². The quantitative estimate of drug-likeness (QED) is 0.761. The molecule has 1 atom stereocenters. The molecular weight excluding hydrogens is 240 g/mol. The van der Waals surface area contributed by atoms with Crippen molar-refractivity contribution < 1.29 is 9.53 Å². The fourth-order valence-corrected chi connectivity index (χ4v) is 2.15. The predicted molar refractivity (Wildman–Crippen MR) is 76.3 cm³/mol. The summed E-state index contributed by atoms with van der Waals surface area (Å²) < 4.78 is 4.89. The SMILES string of the molecule is CCN(CC(NC1CC1)C(=O)OC)c1ccccc1. The van der Waals surface area contributed by atoms with E-state index >= 15 is 0 Å². The average molecular weight is 262 g/mol. The van der Waals surface area contributed by atoms with Crippen LogP contribution in [0.3, 0.4) is 0 Å². The van der Waals surface area contributed by atoms with Crippen molar-refractivity contribution in [3.63, 3.8) is 0 Å². The number of carbonyl (C=O) groups is 1. The molecule has 104 valence electrons. The molecule has 1 aliphatic carbocycles. The number of rotatable bonds is 7. The van der Waals surface area contributed by atoms with Crippen LogP contribution in [0.15, 0.2) is 30.3 Å². The van der Waals surface area contributed by atoms with Gasteiger partial charge in [-0.05, 0) is 31.9 Å². The molecule has 0 radical (unpaired) electrons. The highest BCUT2D eigenvalue weighted by atomic mass is 16.5. The van der Waals surface area contributed by atoms with Crippen molar-refractivity contribution in [2.24, 2.45) is 0 Å². The lowest BCUT2D eigenvalue weighted by Crippen LogP contribution is -2.47. The Morgan fingerprint density at radius 3 is 2.63 bits per heavy atom. The van der Waals surface area contributed by atoms with E-state index in [2.05, 4.69) is 29.3 Å². The molecule has 1 unspecified atom stereocenters. The van der Waals surface area contributed by atoms with Crippen molar-refractivity contribution in [2.75, 3.05) is 25.1 Å². The minimum absolute atomic E-state index is 0.179. The van der Waals surface area contributed by atoms with Gasteiger partial charge in [0.2, 0.25) is 0 Å². The van der Waals surface area contributed by atoms with Crippen LogP contribution in [-0.2, 0) is 9.53 Å². The normalized spacial score (nSPS) is 15.9. The molecule has 1 aromatic rings. The van der Waals surface area contributed by atoms with Crippen LogP contribution in [0.1, 0.15) is 19.8 Å². The summed E-state index contributed by atoms with van der Waals surface area (Å²) in [5.41, 5.74) is 1.14. The lowest BCUT2D eigenvalue weighted by molar-refractivity contribution is -0.142. The number of nitrogens with one attached hydrogen (secondary N) is 1. The first-order valence-corrected chi connectivity index (χ1v) is 6.88. The van der Waals surface area contributed by atoms with Gasteiger partial charge in [0, 0.05) is 24.8 Å². The third-order valence-corrected chi connectivity index (χ3v) is 3.41. The summed E-state index contributed by atoms with van der Waals surface area (Å²) in [6, 6.07) is 10.4. The van der Waals surface area contributed by atoms with E-state index in [1.54, 1.807) is 0 Å². The van der Waals surface area contributed by atoms with E-state index in [-0.39, 0.29) is 12.0 Å². The van der Waals surface area contributed by atoms with Crippen LogP contribution in [0.5, 0.6) is 0 Å². The molecule has 2 rings (SSSR count). The first kappa shape index (κ1) is 13.9. The number of carbonyl (C=O) groups excluding carboxylic acids is 1. The van der Waals surface area contributed by atoms with Gasteiger partial charge in [-0.15, -0.1) is 0 Å². The molecule has 0 heterocycles. The zero-order valence-corrected chi connectivity index (χ0v) is 11.6. The highest BCUT2D eigenvalue weighted by molar-refractivity contribution is 5.76. The molecule has 0 amide bonds. The van der Waals surface area contributed by atoms with Crippen LogP contribution in [0.4, 0.5) is 5.69 Å². The first-order valence-electron chi connectivity index (χ1n) is 6.88. The van der Waals surface area contributed by atoms with Gasteiger partial charge < -0.3 is 15.0 Å². The van der Waals surface area contributed by atoms with Gasteiger partial charge in [-0.25, -0.2) is 0 Å². The van der Waals surface area contributed by atoms with Crippen LogP contribution in [0.2, 0.25) is 0 Å². The standard InChI is InChI=1S/C15H22N2O2/c1-3-17(13-7-5-4-6-8-13)11-14(15(18)19-2)16-12-9-10-12/h4-8,12,14,16H,3,9-11H2,1-2H3. The number of hydrogen-bond donors (Lipinski definition) is 1. The van der Waals surface area contributed by atoms with Gasteiger partial charge in [-0.1, -0.05) is 18.2 Å². The monoisotopic (exact) mass is 262 g/mol. The first-order chi connectivity index (χ1) is 9.24. The van der Waals surface area contributed by atoms with Gasteiger partial charge >= 0.3 is 5.97 Å². The molecule has 1 N–H and O–H groups in total. The number of para-hydroxylation sites is 1. The molecule has 19 heavy (non-hydrogen) atoms. The number of benzene rings is 1. The van der Waals surface area contributed by atoms with Crippen molar-refractivity contribution >= 4 is 11.7 Å². The lowest BCUT2D eigenvalue weighted by atomic mass is 10.2. The van der Waals surface area contributed by atoms with E-state index in [1.807, 2.05) is 18.2 Å². The Morgan fingerprint density at radius 1 is 1.42 bits per heavy atom. The minimum atomic E-state index is -0.252. The topological polar surface area (TPSA) is 41.6 Å². The molecule has 1 fully saturated rings. The Hall–Kier alpha value is -1.55. The number of ether oxygens (including phenoxy) is 1. The molecule has 0 aliphatic heterocycles. The molecule has 0 saturated heterocycles. The maximum Gasteiger partial charge on any atom is 0.324 e. The van der Waals surface area contributed by atoms with Crippen molar-refractivity contribution in [1.29, 1.82) is 0 Å². The summed E-state index contributed by atoms with van der Waals surface area (Å²) in [6.45, 7) is 3.60. The highest BCUT2D eigenvalue weighted by Crippen LogP contribution is 2.20. The van der Waals surface area contributed by atoms with Gasteiger partial charge in [0.05, 0.1) is 7.11 Å². The van der Waals surface area contributed by atoms with E-state index in [0.29, 0.717) is 12.6 Å². The molecule has 1 aromatic carbocycles. The number of hydrogen-bond acceptors (Lipinski definition) is 4. The summed E-state index contributed by atoms with van der Waals surface area (Å²) in [7, 11) is 1.45. The molecular formula is C15H22N2O2. The Balaban J connectivity index is 2.02. The predicted octanol–water partition coefficient (Wildman–Crippen LogP) is 1.81. The Labute approximate surface area is 114 Å². The smallest absolute Gasteiger partial charge is 0.324 e. The van der Waals surface area contributed by atoms with E-state index in [4.69, 9.17) is 4.74 Å². The lowest BCUT2D eigenvalue weighted by Gasteiger charge is -2.27. The summed E-state index contributed by atoms with van der Waals surface area (Å²) in [5.74, 6) is -0.179. The molecule has 4 heteroatoms. The summed E-state index contributed by atoms with van der Waals surface area (Å²) >= 11 is 0. The highest BCUT2D eigenvalue weighted by Gasteiger charge is 2.30. The molecule has 1 saturated carbocycles. The summed E-state index contributed by atoms with van der Waals surface area (Å²) in [6.07, 6.45) is 2.32. The Bertz CT molecular complexity index is 404. The van der Waals surface area contributed by atoms with Crippen LogP contribution < -0.4 is 10.2 Å². The largest absolute Gasteiger partial charge is 0.468 e. The second-order valence-electron chi connectivity index (χ2n) is 4.89. The number of anilines is 1. The van der Waals surface area contributed by atoms with E-state index in [0.717, 1.165) is 25.1 Å². The van der Waals surface area contributed by atoms with Crippen LogP contribution in [0, 0.1) is 0 Å². The molecule has 0 spiro atoms. The Morgan fingerprint density at radius 2 is 2.11 bits per heavy atom. The van der Waals surface area contributed by atoms with Crippen molar-refractivity contribution in [1.82, 2.24) is 5.32 Å². The number of nitrogens with zero attached hydrogens (tertiary/aromatic N) is 1. The zero-order valence-electron chi connectivity index (χ0n) is 11.6. The summed E-state index contributed by atoms with van der Waals surface area (Å²) in [4.78, 5) is 14.0. The van der Waals surface area contributed by atoms with Gasteiger partial charge in [0.1, 0.15) is 6.04 Å². The third kappa shape index (κ3) is 3.96. The van der Waals surface area contributed by atoms with Gasteiger partial charge in [-0.2, -0.15) is 0 Å². The molecule has 0 aromatic heterocycles. The van der Waals surface area contributed by atoms with Crippen LogP contribution >= 0.6 is 0 Å². The van der Waals surface area contributed by atoms with E-state index < -0.39 is 0 Å².